The van der Waals surface area contributed by atoms with E-state index in [0.717, 1.165) is 30.6 Å². The Balaban J connectivity index is 1.71. The molecule has 2 aromatic rings. The van der Waals surface area contributed by atoms with Crippen molar-refractivity contribution in [2.75, 3.05) is 12.3 Å². The number of rotatable bonds is 4. The standard InChI is InChI=1S/C17H23N5OS/c1-12-7-8-15(13(2)10-12)22-17(18-19-20-22)24-11-16(23)21-9-5-4-6-14(21)3/h7-8,10,14H,4-6,9,11H2,1-3H3/t14-/m0/s1. The van der Waals surface area contributed by atoms with E-state index in [1.807, 2.05) is 24.0 Å². The van der Waals surface area contributed by atoms with Crippen LogP contribution >= 0.6 is 11.8 Å². The molecule has 1 amide bonds. The first-order valence-electron chi connectivity index (χ1n) is 8.34. The fraction of sp³-hybridized carbons (Fsp3) is 0.529. The van der Waals surface area contributed by atoms with Crippen LogP contribution in [-0.4, -0.2) is 49.4 Å². The minimum atomic E-state index is 0.169. The SMILES string of the molecule is Cc1ccc(-n2nnnc2SCC(=O)N2CCCC[C@@H]2C)c(C)c1. The molecule has 0 aliphatic carbocycles. The summed E-state index contributed by atoms with van der Waals surface area (Å²) in [6.07, 6.45) is 3.40. The Hall–Kier alpha value is -1.89. The van der Waals surface area contributed by atoms with Crippen molar-refractivity contribution in [3.05, 3.63) is 29.3 Å². The van der Waals surface area contributed by atoms with E-state index in [-0.39, 0.29) is 5.91 Å². The summed E-state index contributed by atoms with van der Waals surface area (Å²) in [6, 6.07) is 6.49. The zero-order valence-electron chi connectivity index (χ0n) is 14.4. The minimum Gasteiger partial charge on any atom is -0.339 e. The molecule has 1 aromatic carbocycles. The number of benzene rings is 1. The van der Waals surface area contributed by atoms with E-state index < -0.39 is 0 Å². The van der Waals surface area contributed by atoms with Crippen molar-refractivity contribution in [2.24, 2.45) is 0 Å². The Labute approximate surface area is 146 Å². The summed E-state index contributed by atoms with van der Waals surface area (Å²) in [4.78, 5) is 14.5. The van der Waals surface area contributed by atoms with Gasteiger partial charge in [0.05, 0.1) is 11.4 Å². The van der Waals surface area contributed by atoms with Crippen LogP contribution in [0.2, 0.25) is 0 Å². The van der Waals surface area contributed by atoms with Crippen molar-refractivity contribution in [1.82, 2.24) is 25.1 Å². The summed E-state index contributed by atoms with van der Waals surface area (Å²) >= 11 is 1.40. The number of carbonyl (C=O) groups excluding carboxylic acids is 1. The number of thioether (sulfide) groups is 1. The first-order valence-corrected chi connectivity index (χ1v) is 9.33. The number of tetrazole rings is 1. The van der Waals surface area contributed by atoms with Crippen molar-refractivity contribution in [3.8, 4) is 5.69 Å². The third kappa shape index (κ3) is 3.61. The highest BCUT2D eigenvalue weighted by molar-refractivity contribution is 7.99. The molecule has 128 valence electrons. The number of aromatic nitrogens is 4. The molecule has 1 fully saturated rings. The number of hydrogen-bond acceptors (Lipinski definition) is 5. The Morgan fingerprint density at radius 3 is 2.92 bits per heavy atom. The van der Waals surface area contributed by atoms with Crippen LogP contribution < -0.4 is 0 Å². The lowest BCUT2D eigenvalue weighted by Crippen LogP contribution is -2.43. The molecule has 24 heavy (non-hydrogen) atoms. The van der Waals surface area contributed by atoms with Crippen molar-refractivity contribution < 1.29 is 4.79 Å². The lowest BCUT2D eigenvalue weighted by Gasteiger charge is -2.33. The lowest BCUT2D eigenvalue weighted by molar-refractivity contribution is -0.131. The van der Waals surface area contributed by atoms with E-state index in [1.54, 1.807) is 4.68 Å². The summed E-state index contributed by atoms with van der Waals surface area (Å²) in [7, 11) is 0. The van der Waals surface area contributed by atoms with Gasteiger partial charge in [0.15, 0.2) is 0 Å². The molecule has 1 aliphatic rings. The summed E-state index contributed by atoms with van der Waals surface area (Å²) in [5, 5.41) is 12.6. The maximum atomic E-state index is 12.5. The van der Waals surface area contributed by atoms with Gasteiger partial charge >= 0.3 is 0 Å². The van der Waals surface area contributed by atoms with Crippen LogP contribution in [0.1, 0.15) is 37.3 Å². The van der Waals surface area contributed by atoms with E-state index in [2.05, 4.69) is 35.4 Å². The monoisotopic (exact) mass is 345 g/mol. The number of nitrogens with zero attached hydrogens (tertiary/aromatic N) is 5. The predicted octanol–water partition coefficient (Wildman–Crippen LogP) is 2.77. The summed E-state index contributed by atoms with van der Waals surface area (Å²) in [6.45, 7) is 7.09. The van der Waals surface area contributed by atoms with Gasteiger partial charge in [-0.2, -0.15) is 4.68 Å². The van der Waals surface area contributed by atoms with Gasteiger partial charge in [0.1, 0.15) is 0 Å². The molecule has 3 rings (SSSR count). The van der Waals surface area contributed by atoms with Gasteiger partial charge in [0.2, 0.25) is 11.1 Å². The van der Waals surface area contributed by atoms with E-state index in [0.29, 0.717) is 17.0 Å². The fourth-order valence-electron chi connectivity index (χ4n) is 3.14. The van der Waals surface area contributed by atoms with Gasteiger partial charge in [0.25, 0.3) is 0 Å². The quantitative estimate of drug-likeness (QED) is 0.797. The minimum absolute atomic E-state index is 0.169. The van der Waals surface area contributed by atoms with Gasteiger partial charge < -0.3 is 4.90 Å². The van der Waals surface area contributed by atoms with Crippen LogP contribution in [0.3, 0.4) is 0 Å². The number of hydrogen-bond donors (Lipinski definition) is 0. The summed E-state index contributed by atoms with van der Waals surface area (Å²) < 4.78 is 1.71. The molecular weight excluding hydrogens is 322 g/mol. The van der Waals surface area contributed by atoms with Gasteiger partial charge in [-0.25, -0.2) is 0 Å². The topological polar surface area (TPSA) is 63.9 Å². The molecule has 0 radical (unpaired) electrons. The van der Waals surface area contributed by atoms with Crippen molar-refractivity contribution in [2.45, 2.75) is 51.2 Å². The first kappa shape index (κ1) is 17.0. The van der Waals surface area contributed by atoms with Gasteiger partial charge in [-0.3, -0.25) is 4.79 Å². The van der Waals surface area contributed by atoms with Crippen molar-refractivity contribution >= 4 is 17.7 Å². The first-order chi connectivity index (χ1) is 11.6. The zero-order chi connectivity index (χ0) is 17.1. The fourth-order valence-corrected chi connectivity index (χ4v) is 3.91. The Morgan fingerprint density at radius 2 is 2.17 bits per heavy atom. The van der Waals surface area contributed by atoms with E-state index in [9.17, 15) is 4.79 Å². The molecule has 1 aliphatic heterocycles. The summed E-state index contributed by atoms with van der Waals surface area (Å²) in [5.41, 5.74) is 3.26. The second-order valence-electron chi connectivity index (χ2n) is 6.38. The average Bonchev–Trinajstić information content (AvgIpc) is 3.01. The molecule has 7 heteroatoms. The van der Waals surface area contributed by atoms with Crippen LogP contribution in [-0.2, 0) is 4.79 Å². The Kier molecular flexibility index (Phi) is 5.18. The lowest BCUT2D eigenvalue weighted by atomic mass is 10.0. The van der Waals surface area contributed by atoms with Gasteiger partial charge in [-0.05, 0) is 62.1 Å². The van der Waals surface area contributed by atoms with Crippen LogP contribution in [0.5, 0.6) is 0 Å². The smallest absolute Gasteiger partial charge is 0.233 e. The number of piperidine rings is 1. The molecule has 0 unspecified atom stereocenters. The van der Waals surface area contributed by atoms with Crippen molar-refractivity contribution in [3.63, 3.8) is 0 Å². The second kappa shape index (κ2) is 7.34. The maximum absolute atomic E-state index is 12.5. The van der Waals surface area contributed by atoms with E-state index in [4.69, 9.17) is 0 Å². The number of likely N-dealkylation sites (tertiary alicyclic amines) is 1. The maximum Gasteiger partial charge on any atom is 0.233 e. The van der Waals surface area contributed by atoms with Gasteiger partial charge in [-0.1, -0.05) is 29.5 Å². The van der Waals surface area contributed by atoms with Crippen LogP contribution in [0.25, 0.3) is 5.69 Å². The number of amides is 1. The number of carbonyl (C=O) groups is 1. The molecule has 1 atom stereocenters. The zero-order valence-corrected chi connectivity index (χ0v) is 15.2. The molecule has 2 heterocycles. The molecule has 0 spiro atoms. The normalized spacial score (nSPS) is 18.0. The second-order valence-corrected chi connectivity index (χ2v) is 7.33. The van der Waals surface area contributed by atoms with Crippen molar-refractivity contribution in [1.29, 1.82) is 0 Å². The molecule has 6 nitrogen and oxygen atoms in total. The molecule has 1 aromatic heterocycles. The highest BCUT2D eigenvalue weighted by atomic mass is 32.2. The molecular formula is C17H23N5OS. The van der Waals surface area contributed by atoms with E-state index >= 15 is 0 Å². The Morgan fingerprint density at radius 1 is 1.33 bits per heavy atom. The average molecular weight is 345 g/mol. The molecule has 1 saturated heterocycles. The molecule has 0 bridgehead atoms. The highest BCUT2D eigenvalue weighted by Crippen LogP contribution is 2.23. The van der Waals surface area contributed by atoms with Gasteiger partial charge in [0, 0.05) is 12.6 Å². The van der Waals surface area contributed by atoms with Gasteiger partial charge in [-0.15, -0.1) is 5.10 Å². The molecule has 0 saturated carbocycles. The highest BCUT2D eigenvalue weighted by Gasteiger charge is 2.23. The van der Waals surface area contributed by atoms with Crippen LogP contribution in [0.4, 0.5) is 0 Å². The van der Waals surface area contributed by atoms with Crippen LogP contribution in [0.15, 0.2) is 23.4 Å². The largest absolute Gasteiger partial charge is 0.339 e. The number of aryl methyl sites for hydroxylation is 2. The van der Waals surface area contributed by atoms with Crippen LogP contribution in [0, 0.1) is 13.8 Å². The third-order valence-corrected chi connectivity index (χ3v) is 5.37. The Bertz CT molecular complexity index is 730. The van der Waals surface area contributed by atoms with E-state index in [1.165, 1.54) is 23.7 Å². The molecule has 0 N–H and O–H groups in total. The summed E-state index contributed by atoms with van der Waals surface area (Å²) in [5.74, 6) is 0.540. The predicted molar refractivity (Wildman–Crippen MR) is 94.4 cm³/mol. The third-order valence-electron chi connectivity index (χ3n) is 4.47.